The minimum Gasteiger partial charge on any atom is -0.496 e. The molecule has 0 amide bonds. The zero-order chi connectivity index (χ0) is 20.9. The number of hydrogen-bond donors (Lipinski definition) is 2. The molecule has 0 bridgehead atoms. The van der Waals surface area contributed by atoms with Gasteiger partial charge in [0.25, 0.3) is 0 Å². The molecule has 1 atom stereocenters. The van der Waals surface area contributed by atoms with Crippen LogP contribution in [0.25, 0.3) is 0 Å². The summed E-state index contributed by atoms with van der Waals surface area (Å²) >= 11 is 0. The Kier molecular flexibility index (Phi) is 13.6. The molecular weight excluding hydrogens is 501 g/mol. The molecule has 1 saturated heterocycles. The summed E-state index contributed by atoms with van der Waals surface area (Å²) < 4.78 is 27.3. The van der Waals surface area contributed by atoms with Gasteiger partial charge in [-0.3, -0.25) is 0 Å². The number of aliphatic imine (C=N–C) groups is 1. The van der Waals surface area contributed by atoms with Gasteiger partial charge in [0.05, 0.1) is 41.1 Å². The maximum atomic E-state index is 5.74. The predicted molar refractivity (Wildman–Crippen MR) is 129 cm³/mol. The lowest BCUT2D eigenvalue weighted by Gasteiger charge is -2.15. The van der Waals surface area contributed by atoms with Crippen molar-refractivity contribution in [1.82, 2.24) is 10.6 Å². The van der Waals surface area contributed by atoms with E-state index in [9.17, 15) is 0 Å². The van der Waals surface area contributed by atoms with Crippen molar-refractivity contribution >= 4 is 29.9 Å². The van der Waals surface area contributed by atoms with Crippen molar-refractivity contribution in [2.45, 2.75) is 26.3 Å². The Labute approximate surface area is 197 Å². The van der Waals surface area contributed by atoms with Gasteiger partial charge in [-0.05, 0) is 25.8 Å². The highest BCUT2D eigenvalue weighted by atomic mass is 127. The number of methoxy groups -OCH3 is 3. The van der Waals surface area contributed by atoms with Crippen LogP contribution in [0.4, 0.5) is 0 Å². The van der Waals surface area contributed by atoms with Crippen molar-refractivity contribution in [2.24, 2.45) is 10.9 Å². The van der Waals surface area contributed by atoms with Gasteiger partial charge in [-0.25, -0.2) is 4.99 Å². The summed E-state index contributed by atoms with van der Waals surface area (Å²) in [4.78, 5) is 4.66. The quantitative estimate of drug-likeness (QED) is 0.184. The average molecular weight is 537 g/mol. The Balaban J connectivity index is 0.00000450. The summed E-state index contributed by atoms with van der Waals surface area (Å²) in [5.41, 5.74) is 0.921. The molecule has 0 spiro atoms. The average Bonchev–Trinajstić information content (AvgIpc) is 3.27. The molecule has 30 heavy (non-hydrogen) atoms. The third-order valence-electron chi connectivity index (χ3n) is 4.67. The second-order valence-corrected chi connectivity index (χ2v) is 6.80. The normalized spacial score (nSPS) is 16.0. The van der Waals surface area contributed by atoms with Gasteiger partial charge in [0.2, 0.25) is 0 Å². The van der Waals surface area contributed by atoms with Gasteiger partial charge >= 0.3 is 0 Å². The molecule has 0 aliphatic carbocycles. The van der Waals surface area contributed by atoms with Gasteiger partial charge in [0.15, 0.2) is 17.5 Å². The molecule has 1 aliphatic heterocycles. The van der Waals surface area contributed by atoms with Gasteiger partial charge in [-0.2, -0.15) is 0 Å². The van der Waals surface area contributed by atoms with Crippen LogP contribution in [0.5, 0.6) is 17.2 Å². The highest BCUT2D eigenvalue weighted by molar-refractivity contribution is 14.0. The molecule has 2 rings (SSSR count). The monoisotopic (exact) mass is 537 g/mol. The Morgan fingerprint density at radius 1 is 1.10 bits per heavy atom. The second kappa shape index (κ2) is 15.4. The first-order valence-electron chi connectivity index (χ1n) is 10.2. The van der Waals surface area contributed by atoms with Crippen LogP contribution in [0.1, 0.15) is 25.3 Å². The minimum atomic E-state index is 0. The van der Waals surface area contributed by atoms with Gasteiger partial charge in [-0.1, -0.05) is 0 Å². The summed E-state index contributed by atoms with van der Waals surface area (Å²) in [5.74, 6) is 3.31. The smallest absolute Gasteiger partial charge is 0.191 e. The van der Waals surface area contributed by atoms with Crippen LogP contribution < -0.4 is 24.8 Å². The molecule has 1 heterocycles. The molecule has 0 saturated carbocycles. The molecule has 2 N–H and O–H groups in total. The van der Waals surface area contributed by atoms with Crippen LogP contribution in [-0.4, -0.2) is 66.8 Å². The fraction of sp³-hybridized carbons (Fsp3) is 0.667. The van der Waals surface area contributed by atoms with Crippen molar-refractivity contribution < 1.29 is 23.7 Å². The van der Waals surface area contributed by atoms with Gasteiger partial charge < -0.3 is 34.3 Å². The number of ether oxygens (including phenoxy) is 5. The molecule has 1 aromatic carbocycles. The molecule has 1 aromatic rings. The molecule has 1 aliphatic rings. The number of nitrogens with one attached hydrogen (secondary N) is 2. The number of halogens is 1. The van der Waals surface area contributed by atoms with E-state index >= 15 is 0 Å². The van der Waals surface area contributed by atoms with E-state index < -0.39 is 0 Å². The predicted octanol–water partition coefficient (Wildman–Crippen LogP) is 2.83. The first-order chi connectivity index (χ1) is 14.2. The van der Waals surface area contributed by atoms with E-state index in [0.29, 0.717) is 29.7 Å². The van der Waals surface area contributed by atoms with E-state index in [1.54, 1.807) is 21.3 Å². The molecule has 1 unspecified atom stereocenters. The van der Waals surface area contributed by atoms with Crippen molar-refractivity contribution in [3.05, 3.63) is 17.7 Å². The lowest BCUT2D eigenvalue weighted by molar-refractivity contribution is 0.0888. The molecule has 9 heteroatoms. The number of hydrogen-bond acceptors (Lipinski definition) is 6. The van der Waals surface area contributed by atoms with Crippen molar-refractivity contribution in [2.75, 3.05) is 60.8 Å². The summed E-state index contributed by atoms with van der Waals surface area (Å²) in [6.07, 6.45) is 2.02. The number of nitrogens with zero attached hydrogens (tertiary/aromatic N) is 1. The highest BCUT2D eigenvalue weighted by Gasteiger charge is 2.15. The maximum Gasteiger partial charge on any atom is 0.191 e. The highest BCUT2D eigenvalue weighted by Crippen LogP contribution is 2.34. The fourth-order valence-electron chi connectivity index (χ4n) is 3.07. The van der Waals surface area contributed by atoms with Gasteiger partial charge in [0.1, 0.15) is 5.75 Å². The van der Waals surface area contributed by atoms with E-state index in [1.807, 2.05) is 19.1 Å². The molecule has 1 fully saturated rings. The lowest BCUT2D eigenvalue weighted by atomic mass is 10.1. The van der Waals surface area contributed by atoms with Crippen LogP contribution >= 0.6 is 24.0 Å². The van der Waals surface area contributed by atoms with Gasteiger partial charge in [-0.15, -0.1) is 24.0 Å². The van der Waals surface area contributed by atoms with Crippen LogP contribution in [-0.2, 0) is 16.0 Å². The zero-order valence-electron chi connectivity index (χ0n) is 18.5. The maximum absolute atomic E-state index is 5.74. The van der Waals surface area contributed by atoms with Gasteiger partial charge in [0, 0.05) is 43.9 Å². The topological polar surface area (TPSA) is 82.6 Å². The number of rotatable bonds is 12. The summed E-state index contributed by atoms with van der Waals surface area (Å²) in [6.45, 7) is 7.28. The third-order valence-corrected chi connectivity index (χ3v) is 4.67. The Morgan fingerprint density at radius 2 is 1.83 bits per heavy atom. The largest absolute Gasteiger partial charge is 0.496 e. The number of guanidine groups is 1. The molecule has 8 nitrogen and oxygen atoms in total. The van der Waals surface area contributed by atoms with Crippen molar-refractivity contribution in [1.29, 1.82) is 0 Å². The van der Waals surface area contributed by atoms with Crippen LogP contribution in [0, 0.1) is 5.92 Å². The molecule has 0 radical (unpaired) electrons. The van der Waals surface area contributed by atoms with E-state index in [4.69, 9.17) is 23.7 Å². The summed E-state index contributed by atoms with van der Waals surface area (Å²) in [5, 5.41) is 6.61. The molecule has 172 valence electrons. The molecule has 0 aromatic heterocycles. The van der Waals surface area contributed by atoms with E-state index in [2.05, 4.69) is 15.6 Å². The fourth-order valence-corrected chi connectivity index (χ4v) is 3.07. The first-order valence-corrected chi connectivity index (χ1v) is 10.2. The van der Waals surface area contributed by atoms with E-state index in [1.165, 1.54) is 0 Å². The SMILES string of the molecule is CCNC(=NCc1cc(OC)c(OC)cc1OC)NCCCOCC1CCOC1.I. The second-order valence-electron chi connectivity index (χ2n) is 6.80. The Bertz CT molecular complexity index is 639. The minimum absolute atomic E-state index is 0. The standard InChI is InChI=1S/C21H35N3O5.HI/c1-5-22-21(23-8-6-9-28-14-16-7-10-29-15-16)24-13-17-11-19(26-3)20(27-4)12-18(17)25-2;/h11-12,16H,5-10,13-15H2,1-4H3,(H2,22,23,24);1H. The van der Waals surface area contributed by atoms with Crippen molar-refractivity contribution in [3.8, 4) is 17.2 Å². The van der Waals surface area contributed by atoms with Crippen LogP contribution in [0.15, 0.2) is 17.1 Å². The lowest BCUT2D eigenvalue weighted by Crippen LogP contribution is -2.38. The van der Waals surface area contributed by atoms with E-state index in [-0.39, 0.29) is 24.0 Å². The van der Waals surface area contributed by atoms with E-state index in [0.717, 1.165) is 63.9 Å². The Morgan fingerprint density at radius 3 is 2.47 bits per heavy atom. The molecular formula is C21H36IN3O5. The summed E-state index contributed by atoms with van der Waals surface area (Å²) in [7, 11) is 4.86. The zero-order valence-corrected chi connectivity index (χ0v) is 20.8. The van der Waals surface area contributed by atoms with Crippen LogP contribution in [0.2, 0.25) is 0 Å². The van der Waals surface area contributed by atoms with Crippen LogP contribution in [0.3, 0.4) is 0 Å². The first kappa shape index (κ1) is 26.6. The number of benzene rings is 1. The van der Waals surface area contributed by atoms with Crippen molar-refractivity contribution in [3.63, 3.8) is 0 Å². The summed E-state index contributed by atoms with van der Waals surface area (Å²) in [6, 6.07) is 3.71. The third kappa shape index (κ3) is 8.73. The Hall–Kier alpha value is -1.46.